The molecule has 2 aromatic carbocycles. The van der Waals surface area contributed by atoms with Gasteiger partial charge in [0.15, 0.2) is 5.54 Å². The Balaban J connectivity index is 1.90. The largest absolute Gasteiger partial charge is 0.329 e. The van der Waals surface area contributed by atoms with E-state index in [0.717, 1.165) is 43.5 Å². The van der Waals surface area contributed by atoms with Gasteiger partial charge in [0.05, 0.1) is 0 Å². The molecule has 0 spiro atoms. The van der Waals surface area contributed by atoms with Gasteiger partial charge in [0.2, 0.25) is 5.91 Å². The number of hydrogen-bond acceptors (Lipinski definition) is 3. The molecule has 2 aromatic rings. The predicted octanol–water partition coefficient (Wildman–Crippen LogP) is 6.06. The summed E-state index contributed by atoms with van der Waals surface area (Å²) < 4.78 is 0. The molecule has 0 aromatic heterocycles. The maximum atomic E-state index is 14.4. The summed E-state index contributed by atoms with van der Waals surface area (Å²) in [5.41, 5.74) is 2.06. The first-order valence-electron chi connectivity index (χ1n) is 14.4. The van der Waals surface area contributed by atoms with Crippen LogP contribution in [-0.2, 0) is 28.1 Å². The number of carbonyl (C=O) groups is 2. The molecule has 0 unspecified atom stereocenters. The van der Waals surface area contributed by atoms with E-state index < -0.39 is 11.6 Å². The molecular weight excluding hydrogens is 458 g/mol. The standard InChI is InChI=1S/C32H47N3O2/c1-5-7-9-10-11-15-23-35-26(3)30(36)34(4)32(31(35)37,24-27-16-13-12-14-17-27)29-20-18-28(19-21-29)25-33-22-8-6-2/h12-14,16-21,26,33H,5-11,15,22-25H2,1-4H3/t26-,32-/m0/s1. The highest BCUT2D eigenvalue weighted by atomic mass is 16.2. The number of rotatable bonds is 15. The maximum absolute atomic E-state index is 14.4. The number of benzene rings is 2. The summed E-state index contributed by atoms with van der Waals surface area (Å²) in [6, 6.07) is 18.0. The fourth-order valence-electron chi connectivity index (χ4n) is 5.45. The number of unbranched alkanes of at least 4 members (excludes halogenated alkanes) is 6. The molecule has 0 bridgehead atoms. The van der Waals surface area contributed by atoms with E-state index in [0.29, 0.717) is 13.0 Å². The SMILES string of the molecule is CCCCCCCCN1C(=O)[C@](Cc2ccccc2)(c2ccc(CNCCCC)cc2)N(C)C(=O)[C@@H]1C. The van der Waals surface area contributed by atoms with Crippen LogP contribution in [0.5, 0.6) is 0 Å². The maximum Gasteiger partial charge on any atom is 0.254 e. The van der Waals surface area contributed by atoms with E-state index in [9.17, 15) is 9.59 Å². The third-order valence-electron chi connectivity index (χ3n) is 7.87. The second-order valence-corrected chi connectivity index (χ2v) is 10.6. The molecule has 5 nitrogen and oxygen atoms in total. The van der Waals surface area contributed by atoms with E-state index in [2.05, 4.69) is 55.6 Å². The van der Waals surface area contributed by atoms with Gasteiger partial charge in [-0.3, -0.25) is 9.59 Å². The Hall–Kier alpha value is -2.66. The van der Waals surface area contributed by atoms with Crippen molar-refractivity contribution in [3.05, 3.63) is 71.3 Å². The Morgan fingerprint density at radius 3 is 2.14 bits per heavy atom. The normalized spacial score (nSPS) is 20.1. The Kier molecular flexibility index (Phi) is 11.2. The lowest BCUT2D eigenvalue weighted by molar-refractivity contribution is -0.169. The molecular formula is C32H47N3O2. The minimum Gasteiger partial charge on any atom is -0.329 e. The van der Waals surface area contributed by atoms with Crippen molar-refractivity contribution >= 4 is 11.8 Å². The van der Waals surface area contributed by atoms with Crippen LogP contribution < -0.4 is 5.32 Å². The second-order valence-electron chi connectivity index (χ2n) is 10.6. The number of hydrogen-bond donors (Lipinski definition) is 1. The lowest BCUT2D eigenvalue weighted by atomic mass is 9.78. The van der Waals surface area contributed by atoms with Crippen molar-refractivity contribution < 1.29 is 9.59 Å². The van der Waals surface area contributed by atoms with Crippen LogP contribution >= 0.6 is 0 Å². The van der Waals surface area contributed by atoms with Crippen molar-refractivity contribution in [1.29, 1.82) is 0 Å². The molecule has 1 saturated heterocycles. The highest BCUT2D eigenvalue weighted by molar-refractivity contribution is 6.00. The van der Waals surface area contributed by atoms with Crippen LogP contribution in [0.4, 0.5) is 0 Å². The van der Waals surface area contributed by atoms with Crippen molar-refractivity contribution in [2.45, 2.75) is 96.7 Å². The van der Waals surface area contributed by atoms with Gasteiger partial charge >= 0.3 is 0 Å². The van der Waals surface area contributed by atoms with Gasteiger partial charge in [-0.25, -0.2) is 0 Å². The van der Waals surface area contributed by atoms with Gasteiger partial charge < -0.3 is 15.1 Å². The zero-order valence-electron chi connectivity index (χ0n) is 23.5. The summed E-state index contributed by atoms with van der Waals surface area (Å²) >= 11 is 0. The molecule has 5 heteroatoms. The van der Waals surface area contributed by atoms with Crippen molar-refractivity contribution in [1.82, 2.24) is 15.1 Å². The Bertz CT molecular complexity index is 975. The number of nitrogens with one attached hydrogen (secondary N) is 1. The van der Waals surface area contributed by atoms with Gasteiger partial charge in [-0.1, -0.05) is 107 Å². The number of piperazine rings is 1. The van der Waals surface area contributed by atoms with Gasteiger partial charge in [-0.2, -0.15) is 0 Å². The highest BCUT2D eigenvalue weighted by Crippen LogP contribution is 2.39. The molecule has 0 radical (unpaired) electrons. The van der Waals surface area contributed by atoms with Crippen molar-refractivity contribution in [3.8, 4) is 0 Å². The monoisotopic (exact) mass is 505 g/mol. The lowest BCUT2D eigenvalue weighted by Crippen LogP contribution is -2.69. The zero-order valence-corrected chi connectivity index (χ0v) is 23.5. The van der Waals surface area contributed by atoms with Gasteiger partial charge in [-0.15, -0.1) is 0 Å². The summed E-state index contributed by atoms with van der Waals surface area (Å²) in [7, 11) is 1.81. The average molecular weight is 506 g/mol. The van der Waals surface area contributed by atoms with Gasteiger partial charge in [0, 0.05) is 26.6 Å². The van der Waals surface area contributed by atoms with E-state index >= 15 is 0 Å². The van der Waals surface area contributed by atoms with E-state index in [1.165, 1.54) is 37.7 Å². The molecule has 0 saturated carbocycles. The Morgan fingerprint density at radius 2 is 1.46 bits per heavy atom. The highest BCUT2D eigenvalue weighted by Gasteiger charge is 2.54. The van der Waals surface area contributed by atoms with Crippen LogP contribution in [0.1, 0.15) is 88.8 Å². The van der Waals surface area contributed by atoms with Gasteiger partial charge in [-0.05, 0) is 43.0 Å². The quantitative estimate of drug-likeness (QED) is 0.299. The fourth-order valence-corrected chi connectivity index (χ4v) is 5.45. The van der Waals surface area contributed by atoms with E-state index in [-0.39, 0.29) is 11.8 Å². The number of likely N-dealkylation sites (N-methyl/N-ethyl adjacent to an activating group) is 1. The molecule has 2 amide bonds. The third kappa shape index (κ3) is 7.01. The van der Waals surface area contributed by atoms with E-state index in [1.54, 1.807) is 4.90 Å². The van der Waals surface area contributed by atoms with Crippen LogP contribution in [0.2, 0.25) is 0 Å². The summed E-state index contributed by atoms with van der Waals surface area (Å²) in [6.45, 7) is 8.72. The van der Waals surface area contributed by atoms with Crippen LogP contribution in [0.25, 0.3) is 0 Å². The van der Waals surface area contributed by atoms with Crippen LogP contribution in [-0.4, -0.2) is 47.8 Å². The molecule has 1 aliphatic heterocycles. The Morgan fingerprint density at radius 1 is 0.811 bits per heavy atom. The number of nitrogens with zero attached hydrogens (tertiary/aromatic N) is 2. The van der Waals surface area contributed by atoms with Crippen LogP contribution in [0.3, 0.4) is 0 Å². The lowest BCUT2D eigenvalue weighted by Gasteiger charge is -2.51. The van der Waals surface area contributed by atoms with Gasteiger partial charge in [0.1, 0.15) is 6.04 Å². The molecule has 202 valence electrons. The predicted molar refractivity (Wildman–Crippen MR) is 152 cm³/mol. The Labute approximate surface area is 224 Å². The molecule has 1 heterocycles. The number of amides is 2. The average Bonchev–Trinajstić information content (AvgIpc) is 2.92. The molecule has 2 atom stereocenters. The molecule has 1 fully saturated rings. The first kappa shape index (κ1) is 28.9. The summed E-state index contributed by atoms with van der Waals surface area (Å²) in [5.74, 6) is 0.0418. The first-order valence-corrected chi connectivity index (χ1v) is 14.4. The topological polar surface area (TPSA) is 52.7 Å². The fraction of sp³-hybridized carbons (Fsp3) is 0.562. The minimum absolute atomic E-state index is 0.00632. The molecule has 1 aliphatic rings. The smallest absolute Gasteiger partial charge is 0.254 e. The second kappa shape index (κ2) is 14.3. The molecule has 37 heavy (non-hydrogen) atoms. The first-order chi connectivity index (χ1) is 18.0. The molecule has 3 rings (SSSR count). The minimum atomic E-state index is -1.05. The zero-order chi connectivity index (χ0) is 26.7. The third-order valence-corrected chi connectivity index (χ3v) is 7.87. The van der Waals surface area contributed by atoms with Crippen molar-refractivity contribution in [3.63, 3.8) is 0 Å². The summed E-state index contributed by atoms with van der Waals surface area (Å²) in [6.07, 6.45) is 9.70. The molecule has 0 aliphatic carbocycles. The summed E-state index contributed by atoms with van der Waals surface area (Å²) in [4.78, 5) is 31.6. The van der Waals surface area contributed by atoms with E-state index in [1.807, 2.05) is 37.1 Å². The van der Waals surface area contributed by atoms with E-state index in [4.69, 9.17) is 0 Å². The summed E-state index contributed by atoms with van der Waals surface area (Å²) in [5, 5.41) is 3.49. The van der Waals surface area contributed by atoms with Crippen molar-refractivity contribution in [2.75, 3.05) is 20.1 Å². The van der Waals surface area contributed by atoms with Crippen LogP contribution in [0, 0.1) is 0 Å². The van der Waals surface area contributed by atoms with Crippen LogP contribution in [0.15, 0.2) is 54.6 Å². The number of carbonyl (C=O) groups excluding carboxylic acids is 2. The molecule has 1 N–H and O–H groups in total. The van der Waals surface area contributed by atoms with Gasteiger partial charge in [0.25, 0.3) is 5.91 Å². The van der Waals surface area contributed by atoms with Crippen molar-refractivity contribution in [2.24, 2.45) is 0 Å².